The first-order valence-electron chi connectivity index (χ1n) is 8.12. The number of para-hydroxylation sites is 1. The molecule has 1 aliphatic rings. The van der Waals surface area contributed by atoms with Crippen molar-refractivity contribution in [2.75, 3.05) is 6.54 Å². The lowest BCUT2D eigenvalue weighted by Crippen LogP contribution is -2.43. The smallest absolute Gasteiger partial charge is 0.273 e. The number of aromatic hydroxyl groups is 1. The number of hydrazine groups is 1. The van der Waals surface area contributed by atoms with Crippen LogP contribution in [0.2, 0.25) is 0 Å². The van der Waals surface area contributed by atoms with Crippen LogP contribution in [0.4, 0.5) is 0 Å². The van der Waals surface area contributed by atoms with E-state index in [1.807, 2.05) is 0 Å². The van der Waals surface area contributed by atoms with E-state index in [4.69, 9.17) is 16.6 Å². The Hall–Kier alpha value is -3.11. The summed E-state index contributed by atoms with van der Waals surface area (Å²) in [6.45, 7) is 0.0679. The van der Waals surface area contributed by atoms with E-state index < -0.39 is 11.8 Å². The first kappa shape index (κ1) is 19.6. The number of furan rings is 1. The Kier molecular flexibility index (Phi) is 6.12. The van der Waals surface area contributed by atoms with Crippen molar-refractivity contribution in [1.29, 1.82) is 0 Å². The molecule has 3 amide bonds. The summed E-state index contributed by atoms with van der Waals surface area (Å²) in [5.74, 6) is -1.14. The molecule has 28 heavy (non-hydrogen) atoms. The van der Waals surface area contributed by atoms with Gasteiger partial charge in [-0.3, -0.25) is 30.1 Å². The highest BCUT2D eigenvalue weighted by molar-refractivity contribution is 8.26. The van der Waals surface area contributed by atoms with Crippen LogP contribution in [-0.2, 0) is 9.59 Å². The van der Waals surface area contributed by atoms with Crippen molar-refractivity contribution in [3.05, 3.63) is 58.9 Å². The molecule has 0 bridgehead atoms. The van der Waals surface area contributed by atoms with Gasteiger partial charge in [-0.05, 0) is 24.3 Å². The van der Waals surface area contributed by atoms with Gasteiger partial charge in [-0.1, -0.05) is 36.1 Å². The third-order valence-corrected chi connectivity index (χ3v) is 5.09. The summed E-state index contributed by atoms with van der Waals surface area (Å²) < 4.78 is 5.53. The highest BCUT2D eigenvalue weighted by atomic mass is 32.2. The van der Waals surface area contributed by atoms with Gasteiger partial charge in [0.2, 0.25) is 5.91 Å². The molecule has 1 fully saturated rings. The number of nitrogens with zero attached hydrogens (tertiary/aromatic N) is 1. The van der Waals surface area contributed by atoms with Crippen molar-refractivity contribution in [1.82, 2.24) is 15.8 Å². The molecule has 0 spiro atoms. The maximum Gasteiger partial charge on any atom is 0.273 e. The zero-order chi connectivity index (χ0) is 20.1. The molecule has 1 aromatic carbocycles. The van der Waals surface area contributed by atoms with E-state index in [1.165, 1.54) is 23.3 Å². The minimum Gasteiger partial charge on any atom is -0.507 e. The molecule has 0 saturated carbocycles. The summed E-state index contributed by atoms with van der Waals surface area (Å²) in [6, 6.07) is 9.37. The van der Waals surface area contributed by atoms with Gasteiger partial charge in [0.05, 0.1) is 16.7 Å². The van der Waals surface area contributed by atoms with Crippen LogP contribution in [0.15, 0.2) is 52.0 Å². The molecular weight excluding hydrogens is 402 g/mol. The Morgan fingerprint density at radius 1 is 1.21 bits per heavy atom. The average Bonchev–Trinajstić information content (AvgIpc) is 3.27. The van der Waals surface area contributed by atoms with Crippen LogP contribution in [0, 0.1) is 0 Å². The molecule has 1 aromatic heterocycles. The van der Waals surface area contributed by atoms with E-state index in [0.29, 0.717) is 15.0 Å². The second kappa shape index (κ2) is 8.72. The first-order valence-corrected chi connectivity index (χ1v) is 9.34. The van der Waals surface area contributed by atoms with Gasteiger partial charge in [0.1, 0.15) is 15.8 Å². The minimum atomic E-state index is -0.654. The molecule has 3 N–H and O–H groups in total. The number of hydrogen-bond donors (Lipinski definition) is 3. The average molecular weight is 417 g/mol. The first-order chi connectivity index (χ1) is 13.5. The summed E-state index contributed by atoms with van der Waals surface area (Å²) >= 11 is 6.32. The number of nitrogens with one attached hydrogen (secondary N) is 2. The molecule has 0 atom stereocenters. The van der Waals surface area contributed by atoms with Crippen LogP contribution in [0.25, 0.3) is 6.08 Å². The standard InChI is InChI=1S/C18H15N3O5S2/c22-13-6-2-1-5-12(13)16(24)20-19-15(23)7-8-21-17(25)14(28-18(21)27)10-11-4-3-9-26-11/h1-6,9-10,22H,7-8H2,(H,19,23)(H,20,24)/b14-10-. The number of hydrogen-bond acceptors (Lipinski definition) is 7. The van der Waals surface area contributed by atoms with E-state index in [-0.39, 0.29) is 30.2 Å². The third kappa shape index (κ3) is 4.59. The number of phenols is 1. The van der Waals surface area contributed by atoms with Crippen molar-refractivity contribution in [2.45, 2.75) is 6.42 Å². The van der Waals surface area contributed by atoms with Crippen LogP contribution < -0.4 is 10.9 Å². The third-order valence-electron chi connectivity index (χ3n) is 3.72. The van der Waals surface area contributed by atoms with Gasteiger partial charge in [-0.2, -0.15) is 0 Å². The normalized spacial score (nSPS) is 15.1. The number of benzene rings is 1. The predicted octanol–water partition coefficient (Wildman–Crippen LogP) is 2.04. The quantitative estimate of drug-likeness (QED) is 0.388. The van der Waals surface area contributed by atoms with Crippen LogP contribution >= 0.6 is 24.0 Å². The molecule has 2 aromatic rings. The lowest BCUT2D eigenvalue weighted by Gasteiger charge is -2.14. The van der Waals surface area contributed by atoms with Gasteiger partial charge < -0.3 is 9.52 Å². The Labute approximate surface area is 169 Å². The van der Waals surface area contributed by atoms with Crippen LogP contribution in [0.5, 0.6) is 5.75 Å². The van der Waals surface area contributed by atoms with Gasteiger partial charge in [-0.15, -0.1) is 0 Å². The van der Waals surface area contributed by atoms with Crippen LogP contribution in [0.3, 0.4) is 0 Å². The lowest BCUT2D eigenvalue weighted by molar-refractivity contribution is -0.124. The molecule has 1 saturated heterocycles. The van der Waals surface area contributed by atoms with Gasteiger partial charge in [-0.25, -0.2) is 0 Å². The van der Waals surface area contributed by atoms with Crippen LogP contribution in [-0.4, -0.2) is 38.6 Å². The maximum absolute atomic E-state index is 12.4. The van der Waals surface area contributed by atoms with Gasteiger partial charge in [0.15, 0.2) is 0 Å². The fourth-order valence-electron chi connectivity index (χ4n) is 2.33. The monoisotopic (exact) mass is 417 g/mol. The maximum atomic E-state index is 12.4. The van der Waals surface area contributed by atoms with Crippen molar-refractivity contribution >= 4 is 52.1 Å². The molecule has 144 valence electrons. The molecule has 3 rings (SSSR count). The highest BCUT2D eigenvalue weighted by Crippen LogP contribution is 2.32. The molecule has 2 heterocycles. The van der Waals surface area contributed by atoms with E-state index in [2.05, 4.69) is 10.9 Å². The number of phenolic OH excluding ortho intramolecular Hbond substituents is 1. The van der Waals surface area contributed by atoms with E-state index in [0.717, 1.165) is 11.8 Å². The fourth-order valence-corrected chi connectivity index (χ4v) is 3.62. The number of carbonyl (C=O) groups is 3. The van der Waals surface area contributed by atoms with Crippen molar-refractivity contribution in [3.8, 4) is 5.75 Å². The SMILES string of the molecule is O=C(CCN1C(=O)/C(=C/c2ccco2)SC1=S)NNC(=O)c1ccccc1O. The molecule has 10 heteroatoms. The zero-order valence-corrected chi connectivity index (χ0v) is 16.0. The topological polar surface area (TPSA) is 112 Å². The minimum absolute atomic E-state index is 0.0304. The van der Waals surface area contributed by atoms with Crippen molar-refractivity contribution in [3.63, 3.8) is 0 Å². The van der Waals surface area contributed by atoms with E-state index >= 15 is 0 Å². The predicted molar refractivity (Wildman–Crippen MR) is 107 cm³/mol. The Bertz CT molecular complexity index is 956. The highest BCUT2D eigenvalue weighted by Gasteiger charge is 2.32. The Balaban J connectivity index is 1.50. The fraction of sp³-hybridized carbons (Fsp3) is 0.111. The molecule has 8 nitrogen and oxygen atoms in total. The summed E-state index contributed by atoms with van der Waals surface area (Å²) in [4.78, 5) is 38.1. The zero-order valence-electron chi connectivity index (χ0n) is 14.4. The van der Waals surface area contributed by atoms with Crippen molar-refractivity contribution < 1.29 is 23.9 Å². The van der Waals surface area contributed by atoms with Gasteiger partial charge in [0, 0.05) is 19.0 Å². The van der Waals surface area contributed by atoms with E-state index in [1.54, 1.807) is 30.3 Å². The van der Waals surface area contributed by atoms with Gasteiger partial charge >= 0.3 is 0 Å². The Morgan fingerprint density at radius 3 is 2.71 bits per heavy atom. The number of amides is 3. The number of rotatable bonds is 5. The van der Waals surface area contributed by atoms with Crippen LogP contribution in [0.1, 0.15) is 22.5 Å². The largest absolute Gasteiger partial charge is 0.507 e. The van der Waals surface area contributed by atoms with Crippen molar-refractivity contribution in [2.24, 2.45) is 0 Å². The summed E-state index contributed by atoms with van der Waals surface area (Å²) in [5.41, 5.74) is 4.48. The summed E-state index contributed by atoms with van der Waals surface area (Å²) in [6.07, 6.45) is 3.02. The Morgan fingerprint density at radius 2 is 2.00 bits per heavy atom. The lowest BCUT2D eigenvalue weighted by atomic mass is 10.2. The number of thioether (sulfide) groups is 1. The van der Waals surface area contributed by atoms with Gasteiger partial charge in [0.25, 0.3) is 11.8 Å². The molecular formula is C18H15N3O5S2. The number of carbonyl (C=O) groups excluding carboxylic acids is 3. The molecule has 0 radical (unpaired) electrons. The molecule has 0 aliphatic carbocycles. The second-order valence-corrected chi connectivity index (χ2v) is 7.29. The second-order valence-electron chi connectivity index (χ2n) is 5.62. The number of thiocarbonyl (C=S) groups is 1. The molecule has 0 unspecified atom stereocenters. The van der Waals surface area contributed by atoms with E-state index in [9.17, 15) is 19.5 Å². The molecule has 1 aliphatic heterocycles. The summed E-state index contributed by atoms with van der Waals surface area (Å²) in [7, 11) is 0. The summed E-state index contributed by atoms with van der Waals surface area (Å²) in [5, 5.41) is 9.62.